The zero-order valence-corrected chi connectivity index (χ0v) is 11.3. The van der Waals surface area contributed by atoms with E-state index in [1.165, 1.54) is 6.07 Å². The summed E-state index contributed by atoms with van der Waals surface area (Å²) in [5, 5.41) is 1.71. The molecular weight excluding hydrogens is 272 g/mol. The molecule has 3 aromatic carbocycles. The van der Waals surface area contributed by atoms with E-state index < -0.39 is 10.1 Å². The number of fused-ring (bicyclic) bond motifs is 1. The minimum Gasteiger partial charge on any atom is -0.282 e. The van der Waals surface area contributed by atoms with Crippen LogP contribution in [0.25, 0.3) is 21.9 Å². The van der Waals surface area contributed by atoms with Gasteiger partial charge in [-0.3, -0.25) is 4.55 Å². The summed E-state index contributed by atoms with van der Waals surface area (Å²) in [6.45, 7) is 0. The summed E-state index contributed by atoms with van der Waals surface area (Å²) >= 11 is 0. The molecule has 0 aliphatic heterocycles. The van der Waals surface area contributed by atoms with Crippen LogP contribution < -0.4 is 0 Å². The Labute approximate surface area is 117 Å². The van der Waals surface area contributed by atoms with Gasteiger partial charge in [0.15, 0.2) is 0 Å². The molecule has 0 saturated heterocycles. The standard InChI is InChI=1S/C16H12O3S/c17-20(18,19)16-11-14-9-5-4-8-13(14)10-15(16)12-6-2-1-3-7-12/h1-11H,(H,17,18,19). The van der Waals surface area contributed by atoms with Crippen LogP contribution in [0.3, 0.4) is 0 Å². The van der Waals surface area contributed by atoms with Gasteiger partial charge in [0.05, 0.1) is 0 Å². The van der Waals surface area contributed by atoms with Gasteiger partial charge in [0.1, 0.15) is 4.90 Å². The highest BCUT2D eigenvalue weighted by Gasteiger charge is 2.17. The molecule has 0 radical (unpaired) electrons. The molecule has 0 spiro atoms. The number of rotatable bonds is 2. The van der Waals surface area contributed by atoms with Gasteiger partial charge >= 0.3 is 0 Å². The predicted molar refractivity (Wildman–Crippen MR) is 79.2 cm³/mol. The van der Waals surface area contributed by atoms with Crippen LogP contribution in [-0.4, -0.2) is 13.0 Å². The minimum atomic E-state index is -4.27. The highest BCUT2D eigenvalue weighted by Crippen LogP contribution is 2.31. The van der Waals surface area contributed by atoms with Crippen molar-refractivity contribution in [1.29, 1.82) is 0 Å². The quantitative estimate of drug-likeness (QED) is 0.729. The summed E-state index contributed by atoms with van der Waals surface area (Å²) in [5.41, 5.74) is 1.26. The molecule has 0 fully saturated rings. The Hall–Kier alpha value is -2.17. The normalized spacial score (nSPS) is 11.7. The van der Waals surface area contributed by atoms with Crippen LogP contribution in [0.4, 0.5) is 0 Å². The second-order valence-corrected chi connectivity index (χ2v) is 5.93. The van der Waals surface area contributed by atoms with E-state index in [1.807, 2.05) is 54.6 Å². The van der Waals surface area contributed by atoms with E-state index in [0.29, 0.717) is 5.56 Å². The monoisotopic (exact) mass is 284 g/mol. The third-order valence-electron chi connectivity index (χ3n) is 3.21. The van der Waals surface area contributed by atoms with Gasteiger partial charge in [0.2, 0.25) is 0 Å². The van der Waals surface area contributed by atoms with Crippen molar-refractivity contribution in [2.75, 3.05) is 0 Å². The van der Waals surface area contributed by atoms with E-state index in [-0.39, 0.29) is 4.90 Å². The van der Waals surface area contributed by atoms with Gasteiger partial charge in [-0.05, 0) is 28.5 Å². The first kappa shape index (κ1) is 12.8. The second kappa shape index (κ2) is 4.74. The lowest BCUT2D eigenvalue weighted by atomic mass is 10.0. The zero-order chi connectivity index (χ0) is 14.2. The molecule has 0 heterocycles. The number of hydrogen-bond acceptors (Lipinski definition) is 2. The molecule has 4 heteroatoms. The van der Waals surface area contributed by atoms with Crippen molar-refractivity contribution in [3.05, 3.63) is 66.7 Å². The van der Waals surface area contributed by atoms with Crippen molar-refractivity contribution in [3.8, 4) is 11.1 Å². The smallest absolute Gasteiger partial charge is 0.282 e. The lowest BCUT2D eigenvalue weighted by molar-refractivity contribution is 0.483. The Kier molecular flexibility index (Phi) is 3.04. The van der Waals surface area contributed by atoms with Crippen LogP contribution in [0, 0.1) is 0 Å². The average molecular weight is 284 g/mol. The summed E-state index contributed by atoms with van der Waals surface area (Å²) in [7, 11) is -4.27. The molecule has 1 N–H and O–H groups in total. The van der Waals surface area contributed by atoms with E-state index in [4.69, 9.17) is 0 Å². The minimum absolute atomic E-state index is 0.0672. The maximum absolute atomic E-state index is 11.6. The number of benzene rings is 3. The molecule has 0 saturated carbocycles. The molecule has 0 bridgehead atoms. The van der Waals surface area contributed by atoms with Crippen molar-refractivity contribution in [1.82, 2.24) is 0 Å². The third-order valence-corrected chi connectivity index (χ3v) is 4.10. The van der Waals surface area contributed by atoms with Crippen LogP contribution in [0.5, 0.6) is 0 Å². The zero-order valence-electron chi connectivity index (χ0n) is 10.5. The first-order valence-corrected chi connectivity index (χ1v) is 7.55. The fourth-order valence-corrected chi connectivity index (χ4v) is 3.01. The van der Waals surface area contributed by atoms with Gasteiger partial charge in [-0.1, -0.05) is 54.6 Å². The van der Waals surface area contributed by atoms with Crippen molar-refractivity contribution < 1.29 is 13.0 Å². The Morgan fingerprint density at radius 2 is 1.30 bits per heavy atom. The third kappa shape index (κ3) is 2.31. The predicted octanol–water partition coefficient (Wildman–Crippen LogP) is 3.75. The van der Waals surface area contributed by atoms with Gasteiger partial charge in [-0.2, -0.15) is 8.42 Å². The Balaban J connectivity index is 2.40. The van der Waals surface area contributed by atoms with Crippen LogP contribution in [0.2, 0.25) is 0 Å². The summed E-state index contributed by atoms with van der Waals surface area (Å²) in [5.74, 6) is 0. The van der Waals surface area contributed by atoms with Gasteiger partial charge < -0.3 is 0 Å². The van der Waals surface area contributed by atoms with Crippen molar-refractivity contribution in [2.24, 2.45) is 0 Å². The largest absolute Gasteiger partial charge is 0.295 e. The van der Waals surface area contributed by atoms with E-state index in [1.54, 1.807) is 6.07 Å². The molecular formula is C16H12O3S. The topological polar surface area (TPSA) is 54.4 Å². The summed E-state index contributed by atoms with van der Waals surface area (Å²) in [6.07, 6.45) is 0. The van der Waals surface area contributed by atoms with Crippen LogP contribution in [-0.2, 0) is 10.1 Å². The summed E-state index contributed by atoms with van der Waals surface area (Å²) in [6, 6.07) is 19.9. The summed E-state index contributed by atoms with van der Waals surface area (Å²) < 4.78 is 32.7. The van der Waals surface area contributed by atoms with Gasteiger partial charge in [-0.15, -0.1) is 0 Å². The Morgan fingerprint density at radius 1 is 0.750 bits per heavy atom. The molecule has 0 aromatic heterocycles. The maximum atomic E-state index is 11.6. The fraction of sp³-hybridized carbons (Fsp3) is 0. The lowest BCUT2D eigenvalue weighted by Gasteiger charge is -2.09. The van der Waals surface area contributed by atoms with E-state index in [9.17, 15) is 13.0 Å². The first-order chi connectivity index (χ1) is 9.55. The average Bonchev–Trinajstić information content (AvgIpc) is 2.46. The molecule has 100 valence electrons. The first-order valence-electron chi connectivity index (χ1n) is 6.11. The van der Waals surface area contributed by atoms with Crippen molar-refractivity contribution >= 4 is 20.9 Å². The molecule has 3 nitrogen and oxygen atoms in total. The van der Waals surface area contributed by atoms with Gasteiger partial charge in [0, 0.05) is 5.56 Å². The Bertz CT molecular complexity index is 869. The molecule has 0 aliphatic carbocycles. The van der Waals surface area contributed by atoms with E-state index >= 15 is 0 Å². The molecule has 3 rings (SSSR count). The Morgan fingerprint density at radius 3 is 1.90 bits per heavy atom. The lowest BCUT2D eigenvalue weighted by Crippen LogP contribution is -2.01. The maximum Gasteiger partial charge on any atom is 0.295 e. The molecule has 0 atom stereocenters. The van der Waals surface area contributed by atoms with Crippen LogP contribution in [0.15, 0.2) is 71.6 Å². The second-order valence-electron chi connectivity index (χ2n) is 4.54. The molecule has 0 aliphatic rings. The van der Waals surface area contributed by atoms with Crippen LogP contribution in [0.1, 0.15) is 0 Å². The van der Waals surface area contributed by atoms with Crippen molar-refractivity contribution in [2.45, 2.75) is 4.90 Å². The molecule has 3 aromatic rings. The highest BCUT2D eigenvalue weighted by atomic mass is 32.2. The fourth-order valence-electron chi connectivity index (χ4n) is 2.28. The molecule has 0 unspecified atom stereocenters. The van der Waals surface area contributed by atoms with Gasteiger partial charge in [-0.25, -0.2) is 0 Å². The van der Waals surface area contributed by atoms with Gasteiger partial charge in [0.25, 0.3) is 10.1 Å². The van der Waals surface area contributed by atoms with Crippen molar-refractivity contribution in [3.63, 3.8) is 0 Å². The molecule has 20 heavy (non-hydrogen) atoms. The van der Waals surface area contributed by atoms with E-state index in [0.717, 1.165) is 16.3 Å². The van der Waals surface area contributed by atoms with Crippen LogP contribution >= 0.6 is 0 Å². The SMILES string of the molecule is O=S(=O)(O)c1cc2ccccc2cc1-c1ccccc1. The highest BCUT2D eigenvalue weighted by molar-refractivity contribution is 7.86. The summed E-state index contributed by atoms with van der Waals surface area (Å²) in [4.78, 5) is -0.0672. The molecule has 0 amide bonds. The number of hydrogen-bond donors (Lipinski definition) is 1. The van der Waals surface area contributed by atoms with E-state index in [2.05, 4.69) is 0 Å².